The van der Waals surface area contributed by atoms with Gasteiger partial charge in [-0.25, -0.2) is 0 Å². The highest BCUT2D eigenvalue weighted by Gasteiger charge is 2.12. The van der Waals surface area contributed by atoms with Gasteiger partial charge in [-0.15, -0.1) is 11.8 Å². The Kier molecular flexibility index (Phi) is 2.10. The Balaban J connectivity index is 2.26. The standard InChI is InChI=1S/C8H9NO2S/c9-4-12-6-1-2-7-8(3-6)11-5-10-7/h1-3H,4-5,9H2. The molecule has 0 radical (unpaired) electrons. The Hall–Kier alpha value is -0.870. The third-order valence-electron chi connectivity index (χ3n) is 1.59. The van der Waals surface area contributed by atoms with Crippen LogP contribution >= 0.6 is 11.8 Å². The molecule has 0 aliphatic carbocycles. The molecule has 0 saturated heterocycles. The fraction of sp³-hybridized carbons (Fsp3) is 0.250. The van der Waals surface area contributed by atoms with E-state index in [4.69, 9.17) is 15.2 Å². The molecular weight excluding hydrogens is 174 g/mol. The van der Waals surface area contributed by atoms with E-state index >= 15 is 0 Å². The normalized spacial score (nSPS) is 13.4. The summed E-state index contributed by atoms with van der Waals surface area (Å²) >= 11 is 1.58. The first-order valence-corrected chi connectivity index (χ1v) is 4.61. The molecule has 0 spiro atoms. The number of nitrogens with two attached hydrogens (primary N) is 1. The quantitative estimate of drug-likeness (QED) is 0.556. The summed E-state index contributed by atoms with van der Waals surface area (Å²) in [7, 11) is 0. The van der Waals surface area contributed by atoms with E-state index in [0.717, 1.165) is 16.4 Å². The molecule has 1 aliphatic rings. The summed E-state index contributed by atoms with van der Waals surface area (Å²) in [5.41, 5.74) is 5.40. The maximum atomic E-state index is 5.40. The molecule has 0 atom stereocenters. The molecule has 3 nitrogen and oxygen atoms in total. The van der Waals surface area contributed by atoms with Gasteiger partial charge >= 0.3 is 0 Å². The smallest absolute Gasteiger partial charge is 0.231 e. The SMILES string of the molecule is NCSc1ccc2c(c1)OCO2. The zero-order valence-corrected chi connectivity index (χ0v) is 7.26. The maximum absolute atomic E-state index is 5.40. The molecule has 1 aromatic carbocycles. The Morgan fingerprint density at radius 1 is 1.33 bits per heavy atom. The molecule has 0 bridgehead atoms. The van der Waals surface area contributed by atoms with Gasteiger partial charge in [0, 0.05) is 10.8 Å². The lowest BCUT2D eigenvalue weighted by atomic mass is 10.3. The number of hydrogen-bond donors (Lipinski definition) is 1. The summed E-state index contributed by atoms with van der Waals surface area (Å²) in [5.74, 6) is 2.21. The fourth-order valence-electron chi connectivity index (χ4n) is 1.06. The van der Waals surface area contributed by atoms with Crippen molar-refractivity contribution in [2.45, 2.75) is 4.90 Å². The van der Waals surface area contributed by atoms with E-state index in [1.807, 2.05) is 18.2 Å². The molecule has 4 heteroatoms. The summed E-state index contributed by atoms with van der Waals surface area (Å²) in [6.07, 6.45) is 0. The molecule has 2 N–H and O–H groups in total. The highest BCUT2D eigenvalue weighted by Crippen LogP contribution is 2.35. The van der Waals surface area contributed by atoms with Crippen LogP contribution in [0.4, 0.5) is 0 Å². The lowest BCUT2D eigenvalue weighted by Gasteiger charge is -1.99. The molecular formula is C8H9NO2S. The van der Waals surface area contributed by atoms with Gasteiger partial charge in [0.25, 0.3) is 0 Å². The van der Waals surface area contributed by atoms with Crippen LogP contribution in [-0.4, -0.2) is 12.7 Å². The van der Waals surface area contributed by atoms with E-state index in [9.17, 15) is 0 Å². The molecule has 12 heavy (non-hydrogen) atoms. The topological polar surface area (TPSA) is 44.5 Å². The number of rotatable bonds is 2. The second kappa shape index (κ2) is 3.25. The van der Waals surface area contributed by atoms with Gasteiger partial charge in [-0.2, -0.15) is 0 Å². The van der Waals surface area contributed by atoms with Crippen LogP contribution in [0.3, 0.4) is 0 Å². The molecule has 64 valence electrons. The van der Waals surface area contributed by atoms with Crippen molar-refractivity contribution in [3.63, 3.8) is 0 Å². The van der Waals surface area contributed by atoms with Crippen LogP contribution in [0, 0.1) is 0 Å². The van der Waals surface area contributed by atoms with E-state index in [2.05, 4.69) is 0 Å². The number of ether oxygens (including phenoxy) is 2. The highest BCUT2D eigenvalue weighted by atomic mass is 32.2. The van der Waals surface area contributed by atoms with Crippen molar-refractivity contribution in [3.05, 3.63) is 18.2 Å². The van der Waals surface area contributed by atoms with Gasteiger partial charge in [-0.05, 0) is 18.2 Å². The van der Waals surface area contributed by atoms with Gasteiger partial charge in [0.2, 0.25) is 6.79 Å². The van der Waals surface area contributed by atoms with Crippen LogP contribution in [-0.2, 0) is 0 Å². The summed E-state index contributed by atoms with van der Waals surface area (Å²) < 4.78 is 10.4. The lowest BCUT2D eigenvalue weighted by molar-refractivity contribution is 0.174. The summed E-state index contributed by atoms with van der Waals surface area (Å²) in [5, 5.41) is 0. The van der Waals surface area contributed by atoms with Crippen molar-refractivity contribution in [1.29, 1.82) is 0 Å². The number of thioether (sulfide) groups is 1. The van der Waals surface area contributed by atoms with Gasteiger partial charge in [-0.3, -0.25) is 0 Å². The second-order valence-corrected chi connectivity index (χ2v) is 3.42. The van der Waals surface area contributed by atoms with Crippen LogP contribution in [0.15, 0.2) is 23.1 Å². The van der Waals surface area contributed by atoms with Crippen LogP contribution in [0.25, 0.3) is 0 Å². The molecule has 0 aromatic heterocycles. The van der Waals surface area contributed by atoms with Gasteiger partial charge < -0.3 is 15.2 Å². The summed E-state index contributed by atoms with van der Waals surface area (Å²) in [6.45, 7) is 0.325. The first-order chi connectivity index (χ1) is 5.90. The monoisotopic (exact) mass is 183 g/mol. The molecule has 2 rings (SSSR count). The molecule has 1 heterocycles. The van der Waals surface area contributed by atoms with Crippen molar-refractivity contribution in [2.24, 2.45) is 5.73 Å². The van der Waals surface area contributed by atoms with Gasteiger partial charge in [0.1, 0.15) is 0 Å². The first kappa shape index (κ1) is 7.76. The van der Waals surface area contributed by atoms with E-state index in [0.29, 0.717) is 12.7 Å². The molecule has 0 saturated carbocycles. The molecule has 1 aliphatic heterocycles. The summed E-state index contributed by atoms with van der Waals surface area (Å²) in [4.78, 5) is 1.11. The third kappa shape index (κ3) is 1.35. The zero-order chi connectivity index (χ0) is 8.39. The number of fused-ring (bicyclic) bond motifs is 1. The Morgan fingerprint density at radius 2 is 2.17 bits per heavy atom. The van der Waals surface area contributed by atoms with Crippen LogP contribution < -0.4 is 15.2 Å². The minimum atomic E-state index is 0.325. The first-order valence-electron chi connectivity index (χ1n) is 3.62. The minimum absolute atomic E-state index is 0.325. The van der Waals surface area contributed by atoms with Crippen molar-refractivity contribution >= 4 is 11.8 Å². The minimum Gasteiger partial charge on any atom is -0.454 e. The molecule has 0 unspecified atom stereocenters. The largest absolute Gasteiger partial charge is 0.454 e. The summed E-state index contributed by atoms with van der Waals surface area (Å²) in [6, 6.07) is 5.82. The Morgan fingerprint density at radius 3 is 3.00 bits per heavy atom. The third-order valence-corrected chi connectivity index (χ3v) is 2.35. The molecule has 1 aromatic rings. The zero-order valence-electron chi connectivity index (χ0n) is 6.45. The van der Waals surface area contributed by atoms with Gasteiger partial charge in [0.05, 0.1) is 0 Å². The molecule has 0 fully saturated rings. The van der Waals surface area contributed by atoms with Crippen molar-refractivity contribution in [1.82, 2.24) is 0 Å². The lowest BCUT2D eigenvalue weighted by Crippen LogP contribution is -1.93. The van der Waals surface area contributed by atoms with Crippen molar-refractivity contribution in [3.8, 4) is 11.5 Å². The Bertz CT molecular complexity index is 290. The predicted octanol–water partition coefficient (Wildman–Crippen LogP) is 1.42. The average molecular weight is 183 g/mol. The average Bonchev–Trinajstić information content (AvgIpc) is 2.51. The van der Waals surface area contributed by atoms with Crippen molar-refractivity contribution in [2.75, 3.05) is 12.7 Å². The van der Waals surface area contributed by atoms with Gasteiger partial charge in [-0.1, -0.05) is 0 Å². The van der Waals surface area contributed by atoms with Crippen LogP contribution in [0.2, 0.25) is 0 Å². The van der Waals surface area contributed by atoms with E-state index in [1.165, 1.54) is 0 Å². The number of benzene rings is 1. The molecule has 0 amide bonds. The highest BCUT2D eigenvalue weighted by molar-refractivity contribution is 7.99. The predicted molar refractivity (Wildman–Crippen MR) is 47.5 cm³/mol. The van der Waals surface area contributed by atoms with E-state index in [-0.39, 0.29) is 0 Å². The van der Waals surface area contributed by atoms with Gasteiger partial charge in [0.15, 0.2) is 11.5 Å². The second-order valence-electron chi connectivity index (χ2n) is 2.33. The van der Waals surface area contributed by atoms with Crippen LogP contribution in [0.1, 0.15) is 0 Å². The Labute approximate surface area is 74.8 Å². The maximum Gasteiger partial charge on any atom is 0.231 e. The number of hydrogen-bond acceptors (Lipinski definition) is 4. The van der Waals surface area contributed by atoms with E-state index < -0.39 is 0 Å². The van der Waals surface area contributed by atoms with Crippen molar-refractivity contribution < 1.29 is 9.47 Å². The fourth-order valence-corrected chi connectivity index (χ4v) is 1.61. The van der Waals surface area contributed by atoms with E-state index in [1.54, 1.807) is 11.8 Å². The van der Waals surface area contributed by atoms with Crippen LogP contribution in [0.5, 0.6) is 11.5 Å².